The van der Waals surface area contributed by atoms with Gasteiger partial charge in [-0.2, -0.15) is 0 Å². The van der Waals surface area contributed by atoms with Crippen LogP contribution in [0.4, 0.5) is 0 Å². The van der Waals surface area contributed by atoms with E-state index in [4.69, 9.17) is 4.42 Å². The van der Waals surface area contributed by atoms with Crippen LogP contribution in [0.1, 0.15) is 40.2 Å². The number of nitrogens with one attached hydrogen (secondary N) is 1. The topological polar surface area (TPSA) is 50.4 Å². The average molecular weight is 365 g/mol. The molecule has 1 aliphatic heterocycles. The molecule has 5 nitrogen and oxygen atoms in total. The first-order valence-corrected chi connectivity index (χ1v) is 9.76. The summed E-state index contributed by atoms with van der Waals surface area (Å²) in [6.07, 6.45) is 2.53. The normalized spacial score (nSPS) is 14.9. The second kappa shape index (κ2) is 7.61. The summed E-state index contributed by atoms with van der Waals surface area (Å²) in [5.41, 5.74) is 4.79. The summed E-state index contributed by atoms with van der Waals surface area (Å²) in [6.45, 7) is 8.56. The van der Waals surface area contributed by atoms with E-state index in [2.05, 4.69) is 46.0 Å². The van der Waals surface area contributed by atoms with E-state index in [-0.39, 0.29) is 5.91 Å². The van der Waals surface area contributed by atoms with Gasteiger partial charge < -0.3 is 19.2 Å². The van der Waals surface area contributed by atoms with Gasteiger partial charge in [0.05, 0.1) is 5.52 Å². The number of hydrogen-bond acceptors (Lipinski definition) is 3. The number of amides is 1. The number of rotatable bonds is 6. The van der Waals surface area contributed by atoms with Crippen LogP contribution in [0, 0.1) is 13.8 Å². The fourth-order valence-electron chi connectivity index (χ4n) is 3.94. The molecule has 3 heterocycles. The number of nitrogens with zero attached hydrogens (tertiary/aromatic N) is 2. The van der Waals surface area contributed by atoms with Crippen molar-refractivity contribution in [3.05, 3.63) is 59.0 Å². The highest BCUT2D eigenvalue weighted by molar-refractivity contribution is 5.97. The second-order valence-corrected chi connectivity index (χ2v) is 7.52. The summed E-state index contributed by atoms with van der Waals surface area (Å²) in [5, 5.41) is 3.09. The van der Waals surface area contributed by atoms with Crippen molar-refractivity contribution in [3.8, 4) is 0 Å². The molecule has 0 radical (unpaired) electrons. The minimum absolute atomic E-state index is 0.0362. The van der Waals surface area contributed by atoms with E-state index in [1.54, 1.807) is 0 Å². The number of benzene rings is 1. The molecule has 0 aliphatic carbocycles. The molecule has 27 heavy (non-hydrogen) atoms. The van der Waals surface area contributed by atoms with Gasteiger partial charge in [0.1, 0.15) is 11.5 Å². The van der Waals surface area contributed by atoms with Gasteiger partial charge in [-0.25, -0.2) is 0 Å². The minimum Gasteiger partial charge on any atom is -0.460 e. The van der Waals surface area contributed by atoms with Gasteiger partial charge in [0, 0.05) is 31.8 Å². The van der Waals surface area contributed by atoms with E-state index in [1.807, 2.05) is 19.1 Å². The van der Waals surface area contributed by atoms with Crippen molar-refractivity contribution in [2.45, 2.75) is 33.2 Å². The second-order valence-electron chi connectivity index (χ2n) is 7.52. The minimum atomic E-state index is -0.0362. The molecule has 1 amide bonds. The van der Waals surface area contributed by atoms with E-state index >= 15 is 0 Å². The van der Waals surface area contributed by atoms with Crippen molar-refractivity contribution in [3.63, 3.8) is 0 Å². The Morgan fingerprint density at radius 1 is 1.15 bits per heavy atom. The number of aryl methyl sites for hydroxylation is 2. The molecule has 0 spiro atoms. The summed E-state index contributed by atoms with van der Waals surface area (Å²) < 4.78 is 7.84. The third-order valence-corrected chi connectivity index (χ3v) is 5.28. The van der Waals surface area contributed by atoms with E-state index in [0.29, 0.717) is 18.8 Å². The lowest BCUT2D eigenvalue weighted by Gasteiger charge is -2.15. The molecule has 1 saturated heterocycles. The van der Waals surface area contributed by atoms with Crippen LogP contribution >= 0.6 is 0 Å². The van der Waals surface area contributed by atoms with Gasteiger partial charge >= 0.3 is 0 Å². The number of aromatic nitrogens is 1. The van der Waals surface area contributed by atoms with Gasteiger partial charge in [-0.15, -0.1) is 0 Å². The standard InChI is InChI=1S/C22H27N3O2/c1-16-6-5-7-18(12-16)15-25-19-13-17(2)27-21(19)14-20(25)22(26)23-8-11-24-9-3-4-10-24/h5-7,12-14H,3-4,8-11,15H2,1-2H3,(H,23,26). The Morgan fingerprint density at radius 2 is 1.96 bits per heavy atom. The Hall–Kier alpha value is -2.53. The number of fused-ring (bicyclic) bond motifs is 1. The number of hydrogen-bond donors (Lipinski definition) is 1. The number of carbonyl (C=O) groups excluding carboxylic acids is 1. The predicted octanol–water partition coefficient (Wildman–Crippen LogP) is 3.73. The van der Waals surface area contributed by atoms with Crippen LogP contribution in [0.25, 0.3) is 11.1 Å². The van der Waals surface area contributed by atoms with Gasteiger partial charge in [0.2, 0.25) is 0 Å². The maximum Gasteiger partial charge on any atom is 0.268 e. The molecule has 5 heteroatoms. The van der Waals surface area contributed by atoms with Crippen LogP contribution in [0.15, 0.2) is 40.8 Å². The monoisotopic (exact) mass is 365 g/mol. The Bertz CT molecular complexity index is 948. The molecule has 1 N–H and O–H groups in total. The van der Waals surface area contributed by atoms with Gasteiger partial charge in [0.25, 0.3) is 5.91 Å². The number of carbonyl (C=O) groups is 1. The zero-order valence-electron chi connectivity index (χ0n) is 16.1. The zero-order chi connectivity index (χ0) is 18.8. The highest BCUT2D eigenvalue weighted by Gasteiger charge is 2.19. The highest BCUT2D eigenvalue weighted by atomic mass is 16.3. The van der Waals surface area contributed by atoms with E-state index < -0.39 is 0 Å². The van der Waals surface area contributed by atoms with Crippen LogP contribution in [0.2, 0.25) is 0 Å². The number of likely N-dealkylation sites (tertiary alicyclic amines) is 1. The summed E-state index contributed by atoms with van der Waals surface area (Å²) in [4.78, 5) is 15.3. The van der Waals surface area contributed by atoms with E-state index in [1.165, 1.54) is 24.0 Å². The Balaban J connectivity index is 1.55. The molecule has 0 saturated carbocycles. The smallest absolute Gasteiger partial charge is 0.268 e. The first-order chi connectivity index (χ1) is 13.1. The summed E-state index contributed by atoms with van der Waals surface area (Å²) in [7, 11) is 0. The maximum atomic E-state index is 12.9. The number of furan rings is 1. The zero-order valence-corrected chi connectivity index (χ0v) is 16.1. The van der Waals surface area contributed by atoms with E-state index in [9.17, 15) is 4.79 Å². The van der Waals surface area contributed by atoms with Crippen molar-refractivity contribution < 1.29 is 9.21 Å². The first-order valence-electron chi connectivity index (χ1n) is 9.76. The molecule has 0 unspecified atom stereocenters. The van der Waals surface area contributed by atoms with E-state index in [0.717, 1.165) is 36.5 Å². The van der Waals surface area contributed by atoms with Crippen LogP contribution < -0.4 is 5.32 Å². The van der Waals surface area contributed by atoms with Crippen molar-refractivity contribution in [2.24, 2.45) is 0 Å². The Kier molecular flexibility index (Phi) is 5.03. The van der Waals surface area contributed by atoms with Crippen LogP contribution in [-0.2, 0) is 6.54 Å². The molecular formula is C22H27N3O2. The van der Waals surface area contributed by atoms with Crippen molar-refractivity contribution >= 4 is 17.0 Å². The van der Waals surface area contributed by atoms with Crippen LogP contribution in [-0.4, -0.2) is 41.6 Å². The molecule has 2 aromatic heterocycles. The lowest BCUT2D eigenvalue weighted by atomic mass is 10.1. The molecule has 4 rings (SSSR count). The van der Waals surface area contributed by atoms with Crippen LogP contribution in [0.3, 0.4) is 0 Å². The lowest BCUT2D eigenvalue weighted by Crippen LogP contribution is -2.34. The largest absolute Gasteiger partial charge is 0.460 e. The van der Waals surface area contributed by atoms with Crippen molar-refractivity contribution in [1.29, 1.82) is 0 Å². The van der Waals surface area contributed by atoms with Crippen molar-refractivity contribution in [1.82, 2.24) is 14.8 Å². The Labute approximate surface area is 159 Å². The molecule has 0 atom stereocenters. The predicted molar refractivity (Wildman–Crippen MR) is 107 cm³/mol. The van der Waals surface area contributed by atoms with Gasteiger partial charge in [-0.05, 0) is 45.3 Å². The molecule has 1 aromatic carbocycles. The fourth-order valence-corrected chi connectivity index (χ4v) is 3.94. The van der Waals surface area contributed by atoms with Gasteiger partial charge in [0.15, 0.2) is 5.58 Å². The highest BCUT2D eigenvalue weighted by Crippen LogP contribution is 2.25. The molecule has 1 fully saturated rings. The third kappa shape index (κ3) is 3.93. The molecule has 0 bridgehead atoms. The third-order valence-electron chi connectivity index (χ3n) is 5.28. The maximum absolute atomic E-state index is 12.9. The summed E-state index contributed by atoms with van der Waals surface area (Å²) in [5.74, 6) is 0.824. The van der Waals surface area contributed by atoms with Gasteiger partial charge in [-0.1, -0.05) is 29.8 Å². The molecule has 3 aromatic rings. The summed E-state index contributed by atoms with van der Waals surface area (Å²) in [6, 6.07) is 12.3. The molecule has 1 aliphatic rings. The van der Waals surface area contributed by atoms with Gasteiger partial charge in [-0.3, -0.25) is 4.79 Å². The quantitative estimate of drug-likeness (QED) is 0.724. The molecular weight excluding hydrogens is 338 g/mol. The summed E-state index contributed by atoms with van der Waals surface area (Å²) >= 11 is 0. The SMILES string of the molecule is Cc1cccc(Cn2c(C(=O)NCCN3CCCC3)cc3oc(C)cc32)c1. The molecule has 142 valence electrons. The lowest BCUT2D eigenvalue weighted by molar-refractivity contribution is 0.0941. The first kappa shape index (κ1) is 17.9. The van der Waals surface area contributed by atoms with Crippen molar-refractivity contribution in [2.75, 3.05) is 26.2 Å². The van der Waals surface area contributed by atoms with Crippen LogP contribution in [0.5, 0.6) is 0 Å². The average Bonchev–Trinajstić information content (AvgIpc) is 3.33. The Morgan fingerprint density at radius 3 is 2.74 bits per heavy atom. The fraction of sp³-hybridized carbons (Fsp3) is 0.409.